The Morgan fingerprint density at radius 2 is 1.89 bits per heavy atom. The van der Waals surface area contributed by atoms with Crippen LogP contribution >= 0.6 is 0 Å². The summed E-state index contributed by atoms with van der Waals surface area (Å²) in [6.07, 6.45) is 0.791. The summed E-state index contributed by atoms with van der Waals surface area (Å²) in [5, 5.41) is 0. The van der Waals surface area contributed by atoms with Gasteiger partial charge < -0.3 is 10.5 Å². The van der Waals surface area contributed by atoms with Crippen LogP contribution in [-0.4, -0.2) is 6.61 Å². The van der Waals surface area contributed by atoms with Crippen LogP contribution in [0.5, 0.6) is 5.75 Å². The SMILES string of the molecule is CCOc1ccccc1CC(N)c1cccc(C)c1. The maximum absolute atomic E-state index is 6.31. The van der Waals surface area contributed by atoms with E-state index in [1.54, 1.807) is 0 Å². The number of nitrogens with two attached hydrogens (primary N) is 1. The first-order valence-electron chi connectivity index (χ1n) is 6.73. The van der Waals surface area contributed by atoms with Crippen LogP contribution in [0.25, 0.3) is 0 Å². The molecular formula is C17H21NO. The molecule has 0 amide bonds. The van der Waals surface area contributed by atoms with E-state index in [2.05, 4.69) is 37.3 Å². The first kappa shape index (κ1) is 13.6. The summed E-state index contributed by atoms with van der Waals surface area (Å²) in [7, 11) is 0. The van der Waals surface area contributed by atoms with Gasteiger partial charge in [-0.3, -0.25) is 0 Å². The maximum atomic E-state index is 6.31. The number of aryl methyl sites for hydroxylation is 1. The van der Waals surface area contributed by atoms with E-state index in [4.69, 9.17) is 10.5 Å². The third-order valence-electron chi connectivity index (χ3n) is 3.18. The quantitative estimate of drug-likeness (QED) is 0.885. The van der Waals surface area contributed by atoms with Crippen molar-refractivity contribution in [3.63, 3.8) is 0 Å². The lowest BCUT2D eigenvalue weighted by molar-refractivity contribution is 0.335. The van der Waals surface area contributed by atoms with Crippen LogP contribution in [0.4, 0.5) is 0 Å². The molecule has 0 aliphatic heterocycles. The Morgan fingerprint density at radius 3 is 2.63 bits per heavy atom. The molecule has 0 aliphatic carbocycles. The van der Waals surface area contributed by atoms with E-state index in [1.165, 1.54) is 16.7 Å². The molecule has 2 aromatic rings. The summed E-state index contributed by atoms with van der Waals surface area (Å²) >= 11 is 0. The van der Waals surface area contributed by atoms with Crippen molar-refractivity contribution in [3.8, 4) is 5.75 Å². The molecule has 0 spiro atoms. The van der Waals surface area contributed by atoms with Crippen LogP contribution in [0.15, 0.2) is 48.5 Å². The average Bonchev–Trinajstić information content (AvgIpc) is 2.41. The minimum Gasteiger partial charge on any atom is -0.494 e. The van der Waals surface area contributed by atoms with Gasteiger partial charge in [0.25, 0.3) is 0 Å². The lowest BCUT2D eigenvalue weighted by Crippen LogP contribution is -2.14. The van der Waals surface area contributed by atoms with Gasteiger partial charge >= 0.3 is 0 Å². The molecule has 2 heteroatoms. The molecule has 0 aliphatic rings. The zero-order valence-corrected chi connectivity index (χ0v) is 11.6. The highest BCUT2D eigenvalue weighted by Gasteiger charge is 2.10. The first-order chi connectivity index (χ1) is 9.20. The van der Waals surface area contributed by atoms with Crippen molar-refractivity contribution in [3.05, 3.63) is 65.2 Å². The topological polar surface area (TPSA) is 35.2 Å². The average molecular weight is 255 g/mol. The molecule has 0 saturated carbocycles. The Balaban J connectivity index is 2.16. The van der Waals surface area contributed by atoms with Gasteiger partial charge in [0.2, 0.25) is 0 Å². The second-order valence-corrected chi connectivity index (χ2v) is 4.77. The van der Waals surface area contributed by atoms with Gasteiger partial charge in [-0.05, 0) is 37.5 Å². The second-order valence-electron chi connectivity index (χ2n) is 4.77. The van der Waals surface area contributed by atoms with Crippen molar-refractivity contribution in [1.82, 2.24) is 0 Å². The molecule has 100 valence electrons. The van der Waals surface area contributed by atoms with Crippen LogP contribution in [0.2, 0.25) is 0 Å². The molecule has 0 aromatic heterocycles. The smallest absolute Gasteiger partial charge is 0.122 e. The highest BCUT2D eigenvalue weighted by atomic mass is 16.5. The Bertz CT molecular complexity index is 536. The van der Waals surface area contributed by atoms with Gasteiger partial charge in [0.15, 0.2) is 0 Å². The molecule has 0 saturated heterocycles. The normalized spacial score (nSPS) is 12.2. The molecular weight excluding hydrogens is 234 g/mol. The molecule has 2 rings (SSSR count). The fraction of sp³-hybridized carbons (Fsp3) is 0.294. The summed E-state index contributed by atoms with van der Waals surface area (Å²) in [5.74, 6) is 0.938. The molecule has 0 fully saturated rings. The zero-order valence-electron chi connectivity index (χ0n) is 11.6. The molecule has 2 N–H and O–H groups in total. The van der Waals surface area contributed by atoms with E-state index in [1.807, 2.05) is 25.1 Å². The molecule has 0 radical (unpaired) electrons. The van der Waals surface area contributed by atoms with E-state index in [9.17, 15) is 0 Å². The molecule has 1 atom stereocenters. The lowest BCUT2D eigenvalue weighted by Gasteiger charge is -2.15. The van der Waals surface area contributed by atoms with Gasteiger partial charge in [0.1, 0.15) is 5.75 Å². The number of benzene rings is 2. The van der Waals surface area contributed by atoms with E-state index in [-0.39, 0.29) is 6.04 Å². The van der Waals surface area contributed by atoms with E-state index >= 15 is 0 Å². The Kier molecular flexibility index (Phi) is 4.58. The Hall–Kier alpha value is -1.80. The van der Waals surface area contributed by atoms with E-state index < -0.39 is 0 Å². The lowest BCUT2D eigenvalue weighted by atomic mass is 9.98. The first-order valence-corrected chi connectivity index (χ1v) is 6.73. The molecule has 0 heterocycles. The Morgan fingerprint density at radius 1 is 1.11 bits per heavy atom. The summed E-state index contributed by atoms with van der Waals surface area (Å²) in [6.45, 7) is 4.76. The highest BCUT2D eigenvalue weighted by Crippen LogP contribution is 2.24. The van der Waals surface area contributed by atoms with Gasteiger partial charge in [0.05, 0.1) is 6.61 Å². The van der Waals surface area contributed by atoms with Crippen molar-refractivity contribution in [1.29, 1.82) is 0 Å². The van der Waals surface area contributed by atoms with Gasteiger partial charge in [-0.15, -0.1) is 0 Å². The van der Waals surface area contributed by atoms with Crippen LogP contribution in [0.1, 0.15) is 29.7 Å². The number of hydrogen-bond acceptors (Lipinski definition) is 2. The maximum Gasteiger partial charge on any atom is 0.122 e. The van der Waals surface area contributed by atoms with Crippen LogP contribution in [0.3, 0.4) is 0 Å². The van der Waals surface area contributed by atoms with Gasteiger partial charge in [-0.25, -0.2) is 0 Å². The molecule has 1 unspecified atom stereocenters. The molecule has 19 heavy (non-hydrogen) atoms. The number of ether oxygens (including phenoxy) is 1. The minimum absolute atomic E-state index is 0.00139. The van der Waals surface area contributed by atoms with Gasteiger partial charge in [-0.2, -0.15) is 0 Å². The summed E-state index contributed by atoms with van der Waals surface area (Å²) in [6, 6.07) is 16.5. The largest absolute Gasteiger partial charge is 0.494 e. The number of hydrogen-bond donors (Lipinski definition) is 1. The van der Waals surface area contributed by atoms with Crippen molar-refractivity contribution in [2.75, 3.05) is 6.61 Å². The Labute approximate surface area is 115 Å². The predicted molar refractivity (Wildman–Crippen MR) is 79.4 cm³/mol. The molecule has 2 aromatic carbocycles. The fourth-order valence-corrected chi connectivity index (χ4v) is 2.22. The summed E-state index contributed by atoms with van der Waals surface area (Å²) < 4.78 is 5.64. The summed E-state index contributed by atoms with van der Waals surface area (Å²) in [5.41, 5.74) is 9.88. The predicted octanol–water partition coefficient (Wildman–Crippen LogP) is 3.64. The van der Waals surface area contributed by atoms with Crippen molar-refractivity contribution >= 4 is 0 Å². The standard InChI is InChI=1S/C17H21NO/c1-3-19-17-10-5-4-8-15(17)12-16(18)14-9-6-7-13(2)11-14/h4-11,16H,3,12,18H2,1-2H3. The molecule has 0 bridgehead atoms. The van der Waals surface area contributed by atoms with Gasteiger partial charge in [0, 0.05) is 6.04 Å². The number of rotatable bonds is 5. The minimum atomic E-state index is 0.00139. The van der Waals surface area contributed by atoms with Gasteiger partial charge in [-0.1, -0.05) is 48.0 Å². The van der Waals surface area contributed by atoms with Crippen molar-refractivity contribution < 1.29 is 4.74 Å². The van der Waals surface area contributed by atoms with Crippen LogP contribution < -0.4 is 10.5 Å². The van der Waals surface area contributed by atoms with E-state index in [0.29, 0.717) is 6.61 Å². The molecule has 2 nitrogen and oxygen atoms in total. The monoisotopic (exact) mass is 255 g/mol. The second kappa shape index (κ2) is 6.39. The van der Waals surface area contributed by atoms with E-state index in [0.717, 1.165) is 12.2 Å². The summed E-state index contributed by atoms with van der Waals surface area (Å²) in [4.78, 5) is 0. The zero-order chi connectivity index (χ0) is 13.7. The third-order valence-corrected chi connectivity index (χ3v) is 3.18. The van der Waals surface area contributed by atoms with Crippen LogP contribution in [0, 0.1) is 6.92 Å². The highest BCUT2D eigenvalue weighted by molar-refractivity contribution is 5.35. The van der Waals surface area contributed by atoms with Crippen molar-refractivity contribution in [2.24, 2.45) is 5.73 Å². The fourth-order valence-electron chi connectivity index (χ4n) is 2.22. The van der Waals surface area contributed by atoms with Crippen molar-refractivity contribution in [2.45, 2.75) is 26.3 Å². The number of para-hydroxylation sites is 1. The van der Waals surface area contributed by atoms with Crippen LogP contribution in [-0.2, 0) is 6.42 Å². The third kappa shape index (κ3) is 3.58.